The van der Waals surface area contributed by atoms with Crippen LogP contribution in [-0.2, 0) is 6.18 Å². The van der Waals surface area contributed by atoms with Gasteiger partial charge in [-0.15, -0.1) is 0 Å². The fourth-order valence-electron chi connectivity index (χ4n) is 2.85. The van der Waals surface area contributed by atoms with E-state index in [2.05, 4.69) is 10.1 Å². The van der Waals surface area contributed by atoms with E-state index in [1.54, 1.807) is 48.5 Å². The smallest absolute Gasteiger partial charge is 0.433 e. The number of hydrogen-bond donors (Lipinski definition) is 0. The van der Waals surface area contributed by atoms with Gasteiger partial charge in [0.05, 0.1) is 18.5 Å². The molecule has 4 aromatic rings. The molecular weight excluding hydrogens is 391 g/mol. The molecule has 28 heavy (non-hydrogen) atoms. The fourth-order valence-corrected chi connectivity index (χ4v) is 2.97. The minimum atomic E-state index is -4.59. The van der Waals surface area contributed by atoms with Gasteiger partial charge in [-0.25, -0.2) is 9.50 Å². The van der Waals surface area contributed by atoms with E-state index in [0.717, 1.165) is 10.6 Å². The van der Waals surface area contributed by atoms with E-state index in [9.17, 15) is 13.2 Å². The maximum absolute atomic E-state index is 13.7. The van der Waals surface area contributed by atoms with Crippen molar-refractivity contribution in [3.63, 3.8) is 0 Å². The molecule has 0 fully saturated rings. The van der Waals surface area contributed by atoms with E-state index >= 15 is 0 Å². The molecule has 4 rings (SSSR count). The van der Waals surface area contributed by atoms with Crippen molar-refractivity contribution in [3.05, 3.63) is 71.4 Å². The van der Waals surface area contributed by atoms with Crippen molar-refractivity contribution in [2.24, 2.45) is 0 Å². The highest BCUT2D eigenvalue weighted by molar-refractivity contribution is 6.30. The summed E-state index contributed by atoms with van der Waals surface area (Å²) in [4.78, 5) is 4.37. The molecule has 0 bridgehead atoms. The third-order valence-corrected chi connectivity index (χ3v) is 4.50. The second-order valence-electron chi connectivity index (χ2n) is 6.06. The highest BCUT2D eigenvalue weighted by atomic mass is 35.5. The quantitative estimate of drug-likeness (QED) is 0.437. The maximum atomic E-state index is 13.7. The second kappa shape index (κ2) is 6.83. The third-order valence-electron chi connectivity index (χ3n) is 4.24. The summed E-state index contributed by atoms with van der Waals surface area (Å²) in [5, 5.41) is 4.64. The number of ether oxygens (including phenoxy) is 1. The predicted octanol–water partition coefficient (Wildman–Crippen LogP) is 5.74. The molecule has 0 saturated heterocycles. The molecule has 0 unspecified atom stereocenters. The number of hydrogen-bond acceptors (Lipinski definition) is 3. The van der Waals surface area contributed by atoms with E-state index < -0.39 is 11.9 Å². The molecule has 0 aliphatic rings. The van der Waals surface area contributed by atoms with Crippen molar-refractivity contribution in [2.75, 3.05) is 7.11 Å². The zero-order chi connectivity index (χ0) is 19.9. The normalized spacial score (nSPS) is 11.8. The number of benzene rings is 2. The average molecular weight is 404 g/mol. The first kappa shape index (κ1) is 18.3. The van der Waals surface area contributed by atoms with Crippen LogP contribution in [0, 0.1) is 0 Å². The Morgan fingerprint density at radius 1 is 0.893 bits per heavy atom. The Hall–Kier alpha value is -3.06. The number of nitrogens with zero attached hydrogens (tertiary/aromatic N) is 3. The van der Waals surface area contributed by atoms with E-state index in [1.807, 2.05) is 0 Å². The largest absolute Gasteiger partial charge is 0.497 e. The lowest BCUT2D eigenvalue weighted by atomic mass is 10.1. The summed E-state index contributed by atoms with van der Waals surface area (Å²) in [6.45, 7) is 0. The van der Waals surface area contributed by atoms with Crippen LogP contribution < -0.4 is 4.74 Å². The summed E-state index contributed by atoms with van der Waals surface area (Å²) in [6.07, 6.45) is -4.59. The standard InChI is InChI=1S/C20H13ClF3N3O/c1-28-15-8-4-12(5-9-15)16-10-18(20(22,23)24)27-19(25-16)11-17(26-27)13-2-6-14(21)7-3-13/h2-11H,1H3. The minimum absolute atomic E-state index is 0.102. The Morgan fingerprint density at radius 2 is 1.50 bits per heavy atom. The zero-order valence-electron chi connectivity index (χ0n) is 14.5. The molecule has 0 atom stereocenters. The summed E-state index contributed by atoms with van der Waals surface area (Å²) in [7, 11) is 1.52. The van der Waals surface area contributed by atoms with Gasteiger partial charge < -0.3 is 4.74 Å². The monoisotopic (exact) mass is 403 g/mol. The van der Waals surface area contributed by atoms with Gasteiger partial charge >= 0.3 is 6.18 Å². The molecule has 2 aromatic heterocycles. The van der Waals surface area contributed by atoms with Crippen molar-refractivity contribution < 1.29 is 17.9 Å². The molecule has 8 heteroatoms. The van der Waals surface area contributed by atoms with Gasteiger partial charge in [0.15, 0.2) is 11.3 Å². The Morgan fingerprint density at radius 3 is 2.11 bits per heavy atom. The zero-order valence-corrected chi connectivity index (χ0v) is 15.3. The summed E-state index contributed by atoms with van der Waals surface area (Å²) in [5.74, 6) is 0.607. The van der Waals surface area contributed by atoms with Gasteiger partial charge in [0.1, 0.15) is 5.75 Å². The van der Waals surface area contributed by atoms with E-state index in [4.69, 9.17) is 16.3 Å². The Kier molecular flexibility index (Phi) is 4.47. The van der Waals surface area contributed by atoms with Crippen molar-refractivity contribution in [1.82, 2.24) is 14.6 Å². The maximum Gasteiger partial charge on any atom is 0.433 e. The molecule has 2 aromatic carbocycles. The molecule has 0 saturated carbocycles. The molecule has 4 nitrogen and oxygen atoms in total. The summed E-state index contributed by atoms with van der Waals surface area (Å²) < 4.78 is 46.9. The van der Waals surface area contributed by atoms with Crippen LogP contribution in [0.2, 0.25) is 5.02 Å². The van der Waals surface area contributed by atoms with Crippen LogP contribution >= 0.6 is 11.6 Å². The number of halogens is 4. The molecule has 142 valence electrons. The van der Waals surface area contributed by atoms with Crippen molar-refractivity contribution >= 4 is 17.2 Å². The third kappa shape index (κ3) is 3.41. The number of methoxy groups -OCH3 is 1. The lowest BCUT2D eigenvalue weighted by Crippen LogP contribution is -2.13. The van der Waals surface area contributed by atoms with Gasteiger partial charge in [0.25, 0.3) is 0 Å². The molecule has 0 spiro atoms. The first-order valence-electron chi connectivity index (χ1n) is 8.23. The van der Waals surface area contributed by atoms with Crippen LogP contribution in [-0.4, -0.2) is 21.7 Å². The summed E-state index contributed by atoms with van der Waals surface area (Å²) in [6, 6.07) is 15.9. The van der Waals surface area contributed by atoms with Crippen LogP contribution in [0.3, 0.4) is 0 Å². The van der Waals surface area contributed by atoms with Gasteiger partial charge in [0, 0.05) is 22.2 Å². The Labute approximate surface area is 163 Å². The lowest BCUT2D eigenvalue weighted by Gasteiger charge is -2.11. The number of alkyl halides is 3. The Bertz CT molecular complexity index is 1140. The molecule has 2 heterocycles. The van der Waals surface area contributed by atoms with Gasteiger partial charge in [-0.2, -0.15) is 18.3 Å². The van der Waals surface area contributed by atoms with Crippen molar-refractivity contribution in [3.8, 4) is 28.3 Å². The topological polar surface area (TPSA) is 39.4 Å². The van der Waals surface area contributed by atoms with Gasteiger partial charge in [0.2, 0.25) is 0 Å². The first-order valence-corrected chi connectivity index (χ1v) is 8.61. The van der Waals surface area contributed by atoms with Crippen molar-refractivity contribution in [1.29, 1.82) is 0 Å². The van der Waals surface area contributed by atoms with E-state index in [1.165, 1.54) is 13.2 Å². The van der Waals surface area contributed by atoms with Gasteiger partial charge in [-0.3, -0.25) is 0 Å². The van der Waals surface area contributed by atoms with Crippen LogP contribution in [0.5, 0.6) is 5.75 Å². The minimum Gasteiger partial charge on any atom is -0.497 e. The highest BCUT2D eigenvalue weighted by Crippen LogP contribution is 2.33. The predicted molar refractivity (Wildman–Crippen MR) is 100 cm³/mol. The lowest BCUT2D eigenvalue weighted by molar-refractivity contribution is -0.142. The molecule has 0 N–H and O–H groups in total. The molecule has 0 amide bonds. The number of fused-ring (bicyclic) bond motifs is 1. The SMILES string of the molecule is COc1ccc(-c2cc(C(F)(F)F)n3nc(-c4ccc(Cl)cc4)cc3n2)cc1. The van der Waals surface area contributed by atoms with Crippen molar-refractivity contribution in [2.45, 2.75) is 6.18 Å². The number of rotatable bonds is 3. The molecule has 0 aliphatic carbocycles. The van der Waals surface area contributed by atoms with Crippen LogP contribution in [0.4, 0.5) is 13.2 Å². The van der Waals surface area contributed by atoms with Gasteiger partial charge in [-0.05, 0) is 42.5 Å². The van der Waals surface area contributed by atoms with E-state index in [-0.39, 0.29) is 11.3 Å². The molecule has 0 aliphatic heterocycles. The average Bonchev–Trinajstić information content (AvgIpc) is 3.11. The van der Waals surface area contributed by atoms with Crippen LogP contribution in [0.25, 0.3) is 28.2 Å². The summed E-state index contributed by atoms with van der Waals surface area (Å²) >= 11 is 5.88. The van der Waals surface area contributed by atoms with Gasteiger partial charge in [-0.1, -0.05) is 23.7 Å². The van der Waals surface area contributed by atoms with Crippen LogP contribution in [0.1, 0.15) is 5.69 Å². The Balaban J connectivity index is 1.89. The van der Waals surface area contributed by atoms with E-state index in [0.29, 0.717) is 27.6 Å². The molecule has 0 radical (unpaired) electrons. The number of aromatic nitrogens is 3. The second-order valence-corrected chi connectivity index (χ2v) is 6.50. The molecular formula is C20H13ClF3N3O. The summed E-state index contributed by atoms with van der Waals surface area (Å²) in [5.41, 5.74) is 0.970. The van der Waals surface area contributed by atoms with Crippen LogP contribution in [0.15, 0.2) is 60.7 Å². The fraction of sp³-hybridized carbons (Fsp3) is 0.100. The first-order chi connectivity index (χ1) is 13.3. The highest BCUT2D eigenvalue weighted by Gasteiger charge is 2.35.